The number of ketones is 2. The molecule has 0 aliphatic carbocycles. The molecule has 0 radical (unpaired) electrons. The molecule has 0 amide bonds. The first kappa shape index (κ1) is 58.1. The topological polar surface area (TPSA) is 114 Å². The first-order valence-corrected chi connectivity index (χ1v) is 30.2. The van der Waals surface area contributed by atoms with E-state index in [9.17, 15) is 9.59 Å². The minimum absolute atomic E-state index is 0.0340. The van der Waals surface area contributed by atoms with E-state index in [1.165, 1.54) is 62.8 Å². The molecule has 0 aliphatic heterocycles. The van der Waals surface area contributed by atoms with E-state index >= 15 is 35.9 Å². The van der Waals surface area contributed by atoms with Gasteiger partial charge in [-0.2, -0.15) is 0 Å². The number of halogens is 6. The third kappa shape index (κ3) is 11.0. The summed E-state index contributed by atoms with van der Waals surface area (Å²) in [6, 6.07) is 63.4. The van der Waals surface area contributed by atoms with Crippen molar-refractivity contribution in [2.24, 2.45) is 0 Å². The van der Waals surface area contributed by atoms with Gasteiger partial charge in [0, 0.05) is 0 Å². The number of Topliss-reactive ketones (excluding diaryl/α,β-unsaturated/α-hetero) is 2. The summed E-state index contributed by atoms with van der Waals surface area (Å²) in [5.41, 5.74) is -3.01. The van der Waals surface area contributed by atoms with Gasteiger partial charge in [0.05, 0.1) is 0 Å². The van der Waals surface area contributed by atoms with Crippen LogP contribution in [0, 0.1) is 0 Å². The third-order valence-electron chi connectivity index (χ3n) is 14.4. The van der Waals surface area contributed by atoms with E-state index < -0.39 is 86.0 Å². The monoisotopic (exact) mass is 1150 g/mol. The molecule has 0 spiro atoms. The van der Waals surface area contributed by atoms with Gasteiger partial charge >= 0.3 is 472 Å². The van der Waals surface area contributed by atoms with Crippen molar-refractivity contribution in [3.05, 3.63) is 282 Å². The molecule has 0 heterocycles. The zero-order chi connectivity index (χ0) is 58.2. The first-order valence-electron chi connectivity index (χ1n) is 25.5. The number of carbonyl (C=O) groups is 4. The molecule has 0 bridgehead atoms. The van der Waals surface area contributed by atoms with Crippen LogP contribution in [0.5, 0.6) is 5.75 Å². The minimum atomic E-state index is -5.45. The zero-order valence-corrected chi connectivity index (χ0v) is 45.8. The molecule has 0 aliphatic rings. The maximum atomic E-state index is 15.8. The van der Waals surface area contributed by atoms with Crippen LogP contribution in [0.15, 0.2) is 249 Å². The van der Waals surface area contributed by atoms with Gasteiger partial charge in [0.15, 0.2) is 0 Å². The van der Waals surface area contributed by atoms with Gasteiger partial charge in [-0.25, -0.2) is 0 Å². The SMILES string of the molecule is COC(=O)c1ccc(C(=O)CP(OB(Oc2cc(C(F)(F)F)cc(C(F)(F)F)c2)OP(CC(=O)c2ccc(C(=O)OC)cc2)(c2ccccc2)(c2ccccc2)c2ccccc2)(c2ccccc2)(c2ccccc2)c2ccccc2)cc1. The molecule has 82 heavy (non-hydrogen) atoms. The number of carbonyl (C=O) groups excluding carboxylic acids is 4. The van der Waals surface area contributed by atoms with Crippen molar-refractivity contribution in [1.82, 2.24) is 0 Å². The van der Waals surface area contributed by atoms with E-state index in [1.54, 1.807) is 182 Å². The normalized spacial score (nSPS) is 12.8. The van der Waals surface area contributed by atoms with Crippen LogP contribution in [-0.4, -0.2) is 57.4 Å². The number of ether oxygens (including phenoxy) is 2. The van der Waals surface area contributed by atoms with Crippen molar-refractivity contribution >= 4 is 76.3 Å². The van der Waals surface area contributed by atoms with Crippen LogP contribution < -0.4 is 36.5 Å². The van der Waals surface area contributed by atoms with Crippen LogP contribution in [0.4, 0.5) is 26.3 Å². The van der Waals surface area contributed by atoms with E-state index in [-0.39, 0.29) is 28.3 Å². The Kier molecular flexibility index (Phi) is 16.7. The van der Waals surface area contributed by atoms with Gasteiger partial charge in [-0.3, -0.25) is 0 Å². The predicted molar refractivity (Wildman–Crippen MR) is 309 cm³/mol. The van der Waals surface area contributed by atoms with Gasteiger partial charge in [-0.05, 0) is 0 Å². The van der Waals surface area contributed by atoms with Crippen molar-refractivity contribution in [1.29, 1.82) is 0 Å². The summed E-state index contributed by atoms with van der Waals surface area (Å²) < 4.78 is 123. The van der Waals surface area contributed by atoms with Crippen molar-refractivity contribution < 1.29 is 68.5 Å². The number of benzene rings is 9. The molecular weight excluding hydrogens is 1100 g/mol. The van der Waals surface area contributed by atoms with E-state index in [0.29, 0.717) is 44.0 Å². The molecule has 0 N–H and O–H groups in total. The molecule has 416 valence electrons. The summed E-state index contributed by atoms with van der Waals surface area (Å²) in [6.45, 7) is -10.9. The fourth-order valence-electron chi connectivity index (χ4n) is 10.4. The van der Waals surface area contributed by atoms with E-state index in [1.807, 2.05) is 0 Å². The van der Waals surface area contributed by atoms with E-state index in [4.69, 9.17) is 23.0 Å². The van der Waals surface area contributed by atoms with E-state index in [2.05, 4.69) is 0 Å². The number of hydrogen-bond donors (Lipinski definition) is 0. The Hall–Kier alpha value is -8.52. The predicted octanol–water partition coefficient (Wildman–Crippen LogP) is 12.3. The summed E-state index contributed by atoms with van der Waals surface area (Å²) in [5, 5.41) is 2.02. The number of rotatable bonds is 20. The molecule has 18 heteroatoms. The van der Waals surface area contributed by atoms with Crippen molar-refractivity contribution in [2.45, 2.75) is 12.4 Å². The summed E-state index contributed by atoms with van der Waals surface area (Å²) >= 11 is 0. The average Bonchev–Trinajstić information content (AvgIpc) is 1.65. The molecule has 0 atom stereocenters. The third-order valence-corrected chi connectivity index (χ3v) is 25.8. The van der Waals surface area contributed by atoms with Crippen LogP contribution in [0.1, 0.15) is 52.6 Å². The molecule has 9 nitrogen and oxygen atoms in total. The van der Waals surface area contributed by atoms with E-state index in [0.717, 1.165) is 0 Å². The quantitative estimate of drug-likeness (QED) is 0.0242. The number of alkyl halides is 6. The summed E-state index contributed by atoms with van der Waals surface area (Å²) in [4.78, 5) is 57.0. The Morgan fingerprint density at radius 1 is 0.366 bits per heavy atom. The average molecular weight is 1150 g/mol. The Morgan fingerprint density at radius 2 is 0.610 bits per heavy atom. The van der Waals surface area contributed by atoms with Gasteiger partial charge in [-0.15, -0.1) is 0 Å². The van der Waals surface area contributed by atoms with Crippen LogP contribution in [0.25, 0.3) is 0 Å². The molecule has 9 aromatic rings. The Bertz CT molecular complexity index is 3270. The Morgan fingerprint density at radius 3 is 0.841 bits per heavy atom. The first-order chi connectivity index (χ1) is 39.3. The molecule has 0 unspecified atom stereocenters. The summed E-state index contributed by atoms with van der Waals surface area (Å²) in [6.07, 6.45) is -11.9. The molecule has 0 saturated carbocycles. The second-order valence-electron chi connectivity index (χ2n) is 19.1. The molecule has 0 fully saturated rings. The Balaban J connectivity index is 1.45. The Labute approximate surface area is 469 Å². The van der Waals surface area contributed by atoms with Gasteiger partial charge in [0.2, 0.25) is 0 Å². The molecule has 0 saturated heterocycles. The molecule has 9 rings (SSSR count). The summed E-state index contributed by atoms with van der Waals surface area (Å²) in [5.74, 6) is -3.51. The van der Waals surface area contributed by atoms with Crippen LogP contribution in [0.2, 0.25) is 0 Å². The van der Waals surface area contributed by atoms with Crippen LogP contribution in [0.3, 0.4) is 0 Å². The van der Waals surface area contributed by atoms with Gasteiger partial charge in [0.1, 0.15) is 0 Å². The van der Waals surface area contributed by atoms with Crippen LogP contribution >= 0.6 is 13.7 Å². The maximum absolute atomic E-state index is 15.8. The van der Waals surface area contributed by atoms with Gasteiger partial charge < -0.3 is 0 Å². The molecule has 9 aromatic carbocycles. The number of hydrogen-bond acceptors (Lipinski definition) is 9. The fraction of sp³-hybridized carbons (Fsp3) is 0.0938. The van der Waals surface area contributed by atoms with Crippen molar-refractivity contribution in [3.63, 3.8) is 0 Å². The molecular formula is C64H51BF6O9P2. The van der Waals surface area contributed by atoms with Crippen molar-refractivity contribution in [2.75, 3.05) is 26.5 Å². The van der Waals surface area contributed by atoms with Gasteiger partial charge in [-0.1, -0.05) is 0 Å². The van der Waals surface area contributed by atoms with Crippen molar-refractivity contribution in [3.8, 4) is 5.75 Å². The summed E-state index contributed by atoms with van der Waals surface area (Å²) in [7, 11) is -0.0784. The zero-order valence-electron chi connectivity index (χ0n) is 44.0. The number of esters is 2. The second-order valence-corrected chi connectivity index (χ2v) is 28.1. The number of methoxy groups -OCH3 is 2. The van der Waals surface area contributed by atoms with Gasteiger partial charge in [0.25, 0.3) is 0 Å². The standard InChI is InChI=1S/C64H51BF6O9P2/c1-76-61(74)48-37-33-46(34-38-48)59(72)44-81(53-21-9-3-10-22-53,54-23-11-4-12-24-54,55-25-13-5-14-26-55)79-65(78-52-42-50(63(66,67)68)41-51(43-52)64(69,70)71)80-82(56-27-15-6-16-28-56,57-29-17-7-18-30-57,58-31-19-8-20-32-58)45-60(73)47-35-39-49(40-36-47)62(75)77-2/h3-43H,44-45H2,1-2H3. The molecule has 0 aromatic heterocycles. The second kappa shape index (κ2) is 23.5. The van der Waals surface area contributed by atoms with Crippen LogP contribution in [-0.2, 0) is 30.7 Å². The fourth-order valence-corrected chi connectivity index (χ4v) is 21.5.